The van der Waals surface area contributed by atoms with Gasteiger partial charge in [-0.05, 0) is 23.8 Å². The topological polar surface area (TPSA) is 92.9 Å². The summed E-state index contributed by atoms with van der Waals surface area (Å²) in [5.74, 6) is -0.268. The summed E-state index contributed by atoms with van der Waals surface area (Å²) in [6, 6.07) is 10.2. The zero-order chi connectivity index (χ0) is 20.6. The van der Waals surface area contributed by atoms with Gasteiger partial charge in [0.05, 0.1) is 16.6 Å². The van der Waals surface area contributed by atoms with Gasteiger partial charge in [-0.3, -0.25) is 4.79 Å². The lowest BCUT2D eigenvalue weighted by molar-refractivity contribution is -0.137. The zero-order valence-electron chi connectivity index (χ0n) is 15.2. The van der Waals surface area contributed by atoms with Crippen LogP contribution in [0.4, 0.5) is 19.0 Å². The van der Waals surface area contributed by atoms with Crippen molar-refractivity contribution in [2.24, 2.45) is 5.73 Å². The summed E-state index contributed by atoms with van der Waals surface area (Å²) >= 11 is 0. The Labute approximate surface area is 164 Å². The number of amides is 1. The van der Waals surface area contributed by atoms with E-state index in [1.54, 1.807) is 24.3 Å². The molecular formula is C20H18F3N5O. The van der Waals surface area contributed by atoms with Gasteiger partial charge in [-0.25, -0.2) is 9.97 Å². The number of hydrogen-bond acceptors (Lipinski definition) is 5. The summed E-state index contributed by atoms with van der Waals surface area (Å²) < 4.78 is 39.3. The molecule has 0 spiro atoms. The van der Waals surface area contributed by atoms with Gasteiger partial charge in [0, 0.05) is 30.4 Å². The van der Waals surface area contributed by atoms with Crippen molar-refractivity contribution >= 4 is 22.6 Å². The van der Waals surface area contributed by atoms with Crippen LogP contribution in [0.2, 0.25) is 0 Å². The van der Waals surface area contributed by atoms with Crippen molar-refractivity contribution in [3.63, 3.8) is 0 Å². The molecule has 9 heteroatoms. The fourth-order valence-corrected chi connectivity index (χ4v) is 3.70. The number of anilines is 1. The van der Waals surface area contributed by atoms with Crippen molar-refractivity contribution in [3.05, 3.63) is 65.5 Å². The molecule has 150 valence electrons. The van der Waals surface area contributed by atoms with Crippen molar-refractivity contribution in [2.45, 2.75) is 18.1 Å². The molecule has 2 atom stereocenters. The van der Waals surface area contributed by atoms with E-state index in [1.165, 1.54) is 18.5 Å². The van der Waals surface area contributed by atoms with E-state index in [2.05, 4.69) is 20.6 Å². The maximum absolute atomic E-state index is 13.1. The third kappa shape index (κ3) is 3.73. The predicted molar refractivity (Wildman–Crippen MR) is 103 cm³/mol. The molecule has 0 radical (unpaired) electrons. The standard InChI is InChI=1S/C20H18F3N5O/c21-20(22,23)12-4-1-3-11(7-12)15-8-25-9-16(15)28-19-14-6-2-5-13(18(24)29)17(14)26-10-27-19/h1-7,10,15-16,25H,8-9H2,(H2,24,29)(H,26,27,28)/t15-,16+/m0/s1. The number of para-hydroxylation sites is 1. The van der Waals surface area contributed by atoms with Crippen molar-refractivity contribution in [3.8, 4) is 0 Å². The molecular weight excluding hydrogens is 383 g/mol. The number of carbonyl (C=O) groups excluding carboxylic acids is 1. The first-order valence-electron chi connectivity index (χ1n) is 9.02. The second-order valence-corrected chi connectivity index (χ2v) is 6.93. The van der Waals surface area contributed by atoms with E-state index in [-0.39, 0.29) is 17.5 Å². The van der Waals surface area contributed by atoms with Crippen LogP contribution in [0.15, 0.2) is 48.8 Å². The Morgan fingerprint density at radius 3 is 2.69 bits per heavy atom. The number of primary amides is 1. The smallest absolute Gasteiger partial charge is 0.366 e. The highest BCUT2D eigenvalue weighted by Crippen LogP contribution is 2.33. The van der Waals surface area contributed by atoms with Crippen LogP contribution in [-0.4, -0.2) is 35.0 Å². The van der Waals surface area contributed by atoms with Crippen molar-refractivity contribution in [2.75, 3.05) is 18.4 Å². The number of benzene rings is 2. The van der Waals surface area contributed by atoms with E-state index in [4.69, 9.17) is 5.73 Å². The molecule has 29 heavy (non-hydrogen) atoms. The highest BCUT2D eigenvalue weighted by Gasteiger charge is 2.34. The lowest BCUT2D eigenvalue weighted by Crippen LogP contribution is -2.28. The number of alkyl halides is 3. The van der Waals surface area contributed by atoms with Gasteiger partial charge >= 0.3 is 6.18 Å². The molecule has 4 N–H and O–H groups in total. The Morgan fingerprint density at radius 2 is 1.93 bits per heavy atom. The number of rotatable bonds is 4. The van der Waals surface area contributed by atoms with Crippen molar-refractivity contribution in [1.82, 2.24) is 15.3 Å². The van der Waals surface area contributed by atoms with Gasteiger partial charge in [0.25, 0.3) is 5.91 Å². The SMILES string of the molecule is NC(=O)c1cccc2c(N[C@@H]3CNC[C@H]3c3cccc(C(F)(F)F)c3)ncnc12. The maximum atomic E-state index is 13.1. The van der Waals surface area contributed by atoms with E-state index in [0.717, 1.165) is 6.07 Å². The van der Waals surface area contributed by atoms with Crippen LogP contribution in [0.5, 0.6) is 0 Å². The minimum Gasteiger partial charge on any atom is -0.366 e. The predicted octanol–water partition coefficient (Wildman–Crippen LogP) is 2.92. The Morgan fingerprint density at radius 1 is 1.14 bits per heavy atom. The van der Waals surface area contributed by atoms with Gasteiger partial charge in [-0.1, -0.05) is 24.3 Å². The summed E-state index contributed by atoms with van der Waals surface area (Å²) in [6.07, 6.45) is -3.06. The molecule has 0 bridgehead atoms. The highest BCUT2D eigenvalue weighted by atomic mass is 19.4. The summed E-state index contributed by atoms with van der Waals surface area (Å²) in [7, 11) is 0. The normalized spacial score (nSPS) is 19.4. The number of nitrogens with one attached hydrogen (secondary N) is 2. The van der Waals surface area contributed by atoms with Crippen LogP contribution in [-0.2, 0) is 6.18 Å². The van der Waals surface area contributed by atoms with Gasteiger partial charge in [0.2, 0.25) is 0 Å². The first-order valence-corrected chi connectivity index (χ1v) is 9.02. The van der Waals surface area contributed by atoms with E-state index in [9.17, 15) is 18.0 Å². The molecule has 1 aromatic heterocycles. The molecule has 1 aliphatic rings. The summed E-state index contributed by atoms with van der Waals surface area (Å²) in [4.78, 5) is 20.1. The average molecular weight is 401 g/mol. The molecule has 0 unspecified atom stereocenters. The minimum absolute atomic E-state index is 0.179. The number of carbonyl (C=O) groups is 1. The molecule has 1 fully saturated rings. The lowest BCUT2D eigenvalue weighted by Gasteiger charge is -2.22. The monoisotopic (exact) mass is 401 g/mol. The van der Waals surface area contributed by atoms with Crippen LogP contribution < -0.4 is 16.4 Å². The third-order valence-electron chi connectivity index (χ3n) is 5.11. The Balaban J connectivity index is 1.66. The van der Waals surface area contributed by atoms with Gasteiger partial charge in [0.1, 0.15) is 12.1 Å². The molecule has 3 aromatic rings. The first kappa shape index (κ1) is 19.1. The molecule has 2 heterocycles. The summed E-state index contributed by atoms with van der Waals surface area (Å²) in [5.41, 5.74) is 6.06. The Hall–Kier alpha value is -3.20. The first-order chi connectivity index (χ1) is 13.8. The number of halogens is 3. The van der Waals surface area contributed by atoms with Crippen LogP contribution in [0.25, 0.3) is 10.9 Å². The van der Waals surface area contributed by atoms with E-state index >= 15 is 0 Å². The molecule has 0 saturated carbocycles. The van der Waals surface area contributed by atoms with E-state index < -0.39 is 17.6 Å². The zero-order valence-corrected chi connectivity index (χ0v) is 15.2. The second-order valence-electron chi connectivity index (χ2n) is 6.93. The van der Waals surface area contributed by atoms with Gasteiger partial charge in [-0.2, -0.15) is 13.2 Å². The Kier molecular flexibility index (Phi) is 4.83. The molecule has 1 amide bonds. The van der Waals surface area contributed by atoms with Gasteiger partial charge in [-0.15, -0.1) is 0 Å². The number of aromatic nitrogens is 2. The van der Waals surface area contributed by atoms with Crippen molar-refractivity contribution < 1.29 is 18.0 Å². The van der Waals surface area contributed by atoms with E-state index in [1.807, 2.05) is 0 Å². The average Bonchev–Trinajstić information content (AvgIpc) is 3.15. The fourth-order valence-electron chi connectivity index (χ4n) is 3.70. The van der Waals surface area contributed by atoms with Crippen LogP contribution in [0.3, 0.4) is 0 Å². The second kappa shape index (κ2) is 7.32. The van der Waals surface area contributed by atoms with E-state index in [0.29, 0.717) is 35.4 Å². The van der Waals surface area contributed by atoms with Gasteiger partial charge in [0.15, 0.2) is 0 Å². The largest absolute Gasteiger partial charge is 0.416 e. The number of hydrogen-bond donors (Lipinski definition) is 3. The molecule has 4 rings (SSSR count). The van der Waals surface area contributed by atoms with Gasteiger partial charge < -0.3 is 16.4 Å². The lowest BCUT2D eigenvalue weighted by atomic mass is 9.92. The van der Waals surface area contributed by atoms with Crippen LogP contribution in [0, 0.1) is 0 Å². The van der Waals surface area contributed by atoms with Crippen LogP contribution >= 0.6 is 0 Å². The number of nitrogens with two attached hydrogens (primary N) is 1. The molecule has 0 aliphatic carbocycles. The minimum atomic E-state index is -4.39. The molecule has 2 aromatic carbocycles. The summed E-state index contributed by atoms with van der Waals surface area (Å²) in [6.45, 7) is 1.09. The molecule has 6 nitrogen and oxygen atoms in total. The quantitative estimate of drug-likeness (QED) is 0.625. The third-order valence-corrected chi connectivity index (χ3v) is 5.11. The summed E-state index contributed by atoms with van der Waals surface area (Å²) in [5, 5.41) is 7.15. The Bertz CT molecular complexity index is 1070. The molecule has 1 aliphatic heterocycles. The number of fused-ring (bicyclic) bond motifs is 1. The maximum Gasteiger partial charge on any atom is 0.416 e. The molecule has 1 saturated heterocycles. The fraction of sp³-hybridized carbons (Fsp3) is 0.250. The highest BCUT2D eigenvalue weighted by molar-refractivity contribution is 6.06. The number of nitrogens with zero attached hydrogens (tertiary/aromatic N) is 2. The van der Waals surface area contributed by atoms with Crippen LogP contribution in [0.1, 0.15) is 27.4 Å². The van der Waals surface area contributed by atoms with Crippen molar-refractivity contribution in [1.29, 1.82) is 0 Å².